The zero-order valence-corrected chi connectivity index (χ0v) is 11.7. The molecule has 3 heteroatoms. The summed E-state index contributed by atoms with van der Waals surface area (Å²) in [7, 11) is 3.99. The van der Waals surface area contributed by atoms with Crippen molar-refractivity contribution in [2.45, 2.75) is 64.3 Å². The first kappa shape index (κ1) is 13.9. The fourth-order valence-electron chi connectivity index (χ4n) is 2.60. The van der Waals surface area contributed by atoms with Gasteiger partial charge in [-0.2, -0.15) is 0 Å². The molecule has 0 saturated carbocycles. The monoisotopic (exact) mass is 228 g/mol. The number of rotatable bonds is 5. The number of hydrogen-bond acceptors (Lipinski definition) is 3. The lowest BCUT2D eigenvalue weighted by molar-refractivity contribution is 0.00779. The Balaban J connectivity index is 2.32. The lowest BCUT2D eigenvalue weighted by Gasteiger charge is -2.28. The van der Waals surface area contributed by atoms with Crippen LogP contribution in [0.2, 0.25) is 0 Å². The minimum absolute atomic E-state index is 0.0253. The van der Waals surface area contributed by atoms with E-state index < -0.39 is 0 Å². The molecule has 1 rings (SSSR count). The summed E-state index contributed by atoms with van der Waals surface area (Å²) in [6, 6.07) is 1.86. The van der Waals surface area contributed by atoms with Crippen LogP contribution in [0.5, 0.6) is 0 Å². The van der Waals surface area contributed by atoms with E-state index in [2.05, 4.69) is 45.0 Å². The van der Waals surface area contributed by atoms with E-state index in [0.717, 1.165) is 6.42 Å². The van der Waals surface area contributed by atoms with Gasteiger partial charge in [0, 0.05) is 31.8 Å². The van der Waals surface area contributed by atoms with E-state index in [9.17, 15) is 0 Å². The Hall–Kier alpha value is -0.120. The molecule has 0 radical (unpaired) electrons. The molecule has 1 aliphatic rings. The Kier molecular flexibility index (Phi) is 4.77. The van der Waals surface area contributed by atoms with E-state index in [1.807, 2.05) is 0 Å². The summed E-state index contributed by atoms with van der Waals surface area (Å²) in [5.41, 5.74) is -0.0253. The summed E-state index contributed by atoms with van der Waals surface area (Å²) < 4.78 is 5.46. The second-order valence-electron chi connectivity index (χ2n) is 5.96. The van der Waals surface area contributed by atoms with Crippen LogP contribution in [0.1, 0.15) is 40.5 Å². The molecule has 3 nitrogen and oxygen atoms in total. The Morgan fingerprint density at radius 3 is 2.56 bits per heavy atom. The highest BCUT2D eigenvalue weighted by molar-refractivity contribution is 4.87. The lowest BCUT2D eigenvalue weighted by Crippen LogP contribution is -2.42. The smallest absolute Gasteiger partial charge is 0.0637 e. The first-order chi connectivity index (χ1) is 7.34. The molecule has 0 aromatic heterocycles. The van der Waals surface area contributed by atoms with Crippen LogP contribution in [0.3, 0.4) is 0 Å². The molecule has 1 saturated heterocycles. The van der Waals surface area contributed by atoms with Gasteiger partial charge in [-0.05, 0) is 47.6 Å². The topological polar surface area (TPSA) is 24.5 Å². The highest BCUT2D eigenvalue weighted by atomic mass is 16.5. The normalized spacial score (nSPS) is 29.6. The highest BCUT2D eigenvalue weighted by Crippen LogP contribution is 2.19. The Morgan fingerprint density at radius 2 is 2.12 bits per heavy atom. The van der Waals surface area contributed by atoms with Crippen LogP contribution >= 0.6 is 0 Å². The minimum Gasteiger partial charge on any atom is -0.379 e. The van der Waals surface area contributed by atoms with Crippen molar-refractivity contribution < 1.29 is 4.74 Å². The van der Waals surface area contributed by atoms with E-state index in [1.165, 1.54) is 13.0 Å². The highest BCUT2D eigenvalue weighted by Gasteiger charge is 2.28. The van der Waals surface area contributed by atoms with Crippen molar-refractivity contribution in [1.29, 1.82) is 0 Å². The molecule has 1 heterocycles. The summed E-state index contributed by atoms with van der Waals surface area (Å²) >= 11 is 0. The van der Waals surface area contributed by atoms with Gasteiger partial charge in [0.1, 0.15) is 0 Å². The molecule has 1 aliphatic heterocycles. The third-order valence-electron chi connectivity index (χ3n) is 3.76. The number of likely N-dealkylation sites (N-methyl/N-ethyl adjacent to an activating group) is 1. The molecular weight excluding hydrogens is 200 g/mol. The van der Waals surface area contributed by atoms with Gasteiger partial charge in [-0.25, -0.2) is 0 Å². The Morgan fingerprint density at radius 1 is 1.50 bits per heavy atom. The Bertz CT molecular complexity index is 208. The summed E-state index contributed by atoms with van der Waals surface area (Å²) in [6.45, 7) is 10.0. The van der Waals surface area contributed by atoms with Gasteiger partial charge in [-0.15, -0.1) is 0 Å². The maximum atomic E-state index is 5.46. The summed E-state index contributed by atoms with van der Waals surface area (Å²) in [5.74, 6) is 0. The fraction of sp³-hybridized carbons (Fsp3) is 1.00. The van der Waals surface area contributed by atoms with Crippen molar-refractivity contribution in [1.82, 2.24) is 10.2 Å². The molecule has 0 bridgehead atoms. The molecule has 1 fully saturated rings. The average molecular weight is 228 g/mol. The lowest BCUT2D eigenvalue weighted by atomic mass is 9.99. The molecule has 0 amide bonds. The van der Waals surface area contributed by atoms with Crippen LogP contribution in [0.4, 0.5) is 0 Å². The third-order valence-corrected chi connectivity index (χ3v) is 3.76. The van der Waals surface area contributed by atoms with Gasteiger partial charge in [-0.1, -0.05) is 0 Å². The maximum Gasteiger partial charge on any atom is 0.0637 e. The molecule has 3 atom stereocenters. The van der Waals surface area contributed by atoms with Crippen LogP contribution < -0.4 is 5.32 Å². The molecule has 3 unspecified atom stereocenters. The van der Waals surface area contributed by atoms with E-state index in [-0.39, 0.29) is 5.60 Å². The standard InChI is InChI=1S/C13H28N2O/c1-10(8-13(3,4)16-6)14-12-7-11(2)15(5)9-12/h10-12,14H,7-9H2,1-6H3. The van der Waals surface area contributed by atoms with Gasteiger partial charge in [0.2, 0.25) is 0 Å². The second kappa shape index (κ2) is 5.48. The summed E-state index contributed by atoms with van der Waals surface area (Å²) in [6.07, 6.45) is 2.31. The fourth-order valence-corrected chi connectivity index (χ4v) is 2.60. The van der Waals surface area contributed by atoms with Crippen molar-refractivity contribution >= 4 is 0 Å². The molecule has 0 aromatic carbocycles. The first-order valence-electron chi connectivity index (χ1n) is 6.35. The van der Waals surface area contributed by atoms with E-state index in [0.29, 0.717) is 18.1 Å². The molecule has 16 heavy (non-hydrogen) atoms. The molecular formula is C13H28N2O. The van der Waals surface area contributed by atoms with Crippen LogP contribution in [0, 0.1) is 0 Å². The predicted molar refractivity (Wildman–Crippen MR) is 68.8 cm³/mol. The number of nitrogens with zero attached hydrogens (tertiary/aromatic N) is 1. The third kappa shape index (κ3) is 4.04. The second-order valence-corrected chi connectivity index (χ2v) is 5.96. The van der Waals surface area contributed by atoms with Gasteiger partial charge in [0.05, 0.1) is 5.60 Å². The van der Waals surface area contributed by atoms with Crippen molar-refractivity contribution in [2.75, 3.05) is 20.7 Å². The quantitative estimate of drug-likeness (QED) is 0.777. The summed E-state index contributed by atoms with van der Waals surface area (Å²) in [5, 5.41) is 3.71. The average Bonchev–Trinajstić information content (AvgIpc) is 2.44. The summed E-state index contributed by atoms with van der Waals surface area (Å²) in [4.78, 5) is 2.42. The van der Waals surface area contributed by atoms with E-state index in [4.69, 9.17) is 4.74 Å². The zero-order valence-electron chi connectivity index (χ0n) is 11.7. The van der Waals surface area contributed by atoms with Crippen LogP contribution in [-0.4, -0.2) is 49.3 Å². The van der Waals surface area contributed by atoms with Gasteiger partial charge >= 0.3 is 0 Å². The molecule has 0 aliphatic carbocycles. The van der Waals surface area contributed by atoms with Crippen molar-refractivity contribution in [3.05, 3.63) is 0 Å². The molecule has 1 N–H and O–H groups in total. The van der Waals surface area contributed by atoms with E-state index in [1.54, 1.807) is 7.11 Å². The zero-order chi connectivity index (χ0) is 12.3. The van der Waals surface area contributed by atoms with Gasteiger partial charge in [0.15, 0.2) is 0 Å². The van der Waals surface area contributed by atoms with Crippen molar-refractivity contribution in [2.24, 2.45) is 0 Å². The number of nitrogens with one attached hydrogen (secondary N) is 1. The first-order valence-corrected chi connectivity index (χ1v) is 6.35. The van der Waals surface area contributed by atoms with Crippen LogP contribution in [0.15, 0.2) is 0 Å². The van der Waals surface area contributed by atoms with Crippen LogP contribution in [-0.2, 0) is 4.74 Å². The molecule has 0 aromatic rings. The van der Waals surface area contributed by atoms with E-state index >= 15 is 0 Å². The molecule has 0 spiro atoms. The van der Waals surface area contributed by atoms with Crippen molar-refractivity contribution in [3.63, 3.8) is 0 Å². The predicted octanol–water partition coefficient (Wildman–Crippen LogP) is 1.87. The van der Waals surface area contributed by atoms with Gasteiger partial charge in [0.25, 0.3) is 0 Å². The van der Waals surface area contributed by atoms with Gasteiger partial charge < -0.3 is 15.0 Å². The number of likely N-dealkylation sites (tertiary alicyclic amines) is 1. The number of methoxy groups -OCH3 is 1. The maximum absolute atomic E-state index is 5.46. The largest absolute Gasteiger partial charge is 0.379 e. The Labute approximate surface area is 101 Å². The van der Waals surface area contributed by atoms with Crippen LogP contribution in [0.25, 0.3) is 0 Å². The SMILES string of the molecule is COC(C)(C)CC(C)NC1CC(C)N(C)C1. The van der Waals surface area contributed by atoms with Gasteiger partial charge in [-0.3, -0.25) is 0 Å². The van der Waals surface area contributed by atoms with Crippen molar-refractivity contribution in [3.8, 4) is 0 Å². The molecule has 96 valence electrons. The number of ether oxygens (including phenoxy) is 1. The minimum atomic E-state index is -0.0253. The number of hydrogen-bond donors (Lipinski definition) is 1.